The summed E-state index contributed by atoms with van der Waals surface area (Å²) in [4.78, 5) is 114. The Hall–Kier alpha value is -14.6. The average molecular weight is 1650 g/mol. The Morgan fingerprint density at radius 1 is 0.444 bits per heavy atom. The minimum absolute atomic E-state index is 0.0255. The number of ether oxygens (including phenoxy) is 4. The van der Waals surface area contributed by atoms with E-state index in [2.05, 4.69) is 95.1 Å². The first-order valence-corrected chi connectivity index (χ1v) is 38.4. The maximum absolute atomic E-state index is 13.7. The Bertz CT molecular complexity index is 5260. The molecule has 600 valence electrons. The van der Waals surface area contributed by atoms with Crippen LogP contribution in [0, 0.1) is 22.7 Å². The van der Waals surface area contributed by atoms with Crippen molar-refractivity contribution in [3.63, 3.8) is 0 Å². The molecule has 4 heterocycles. The molecule has 2 atom stereocenters. The molecular formula is C84H83BrN18O14. The topological polar surface area (TPSA) is 442 Å². The number of aromatic nitrogens is 8. The summed E-state index contributed by atoms with van der Waals surface area (Å²) < 4.78 is 32.5. The SMILES string of the molecule is N#CCCNc1nonc1-c1nc2ccccc2[nH]1.N#CCCNc1nonc1-c1nc2ccccc2n1CC(=O)c1ccc(NC(=O)[C@H](CCCCNC(=O)OCc2ccccc2)NC(=O)OCc2ccccc2)cc1.O=C(NCCCC[C@H](NC(=O)OCc1ccccc1)C(=O)Nc1ccc(C(=O)CBr)cc1)OCc1ccccc1. The fourth-order valence-corrected chi connectivity index (χ4v) is 11.7. The van der Waals surface area contributed by atoms with Crippen molar-refractivity contribution < 1.29 is 66.6 Å². The van der Waals surface area contributed by atoms with Crippen LogP contribution >= 0.6 is 15.9 Å². The van der Waals surface area contributed by atoms with Crippen LogP contribution in [0.4, 0.5) is 42.2 Å². The lowest BCUT2D eigenvalue weighted by atomic mass is 10.1. The van der Waals surface area contributed by atoms with Gasteiger partial charge in [0.1, 0.15) is 38.5 Å². The van der Waals surface area contributed by atoms with Gasteiger partial charge in [-0.25, -0.2) is 38.4 Å². The van der Waals surface area contributed by atoms with Crippen LogP contribution in [0.25, 0.3) is 45.1 Å². The van der Waals surface area contributed by atoms with Crippen molar-refractivity contribution in [2.75, 3.05) is 52.8 Å². The van der Waals surface area contributed by atoms with Gasteiger partial charge in [0.2, 0.25) is 23.5 Å². The first-order chi connectivity index (χ1) is 57.2. The van der Waals surface area contributed by atoms with Gasteiger partial charge in [-0.1, -0.05) is 162 Å². The van der Waals surface area contributed by atoms with Crippen molar-refractivity contribution in [1.82, 2.24) is 61.4 Å². The summed E-state index contributed by atoms with van der Waals surface area (Å²) in [6, 6.07) is 67.3. The fourth-order valence-electron chi connectivity index (χ4n) is 11.3. The number of H-pyrrole nitrogens is 1. The molecule has 12 aromatic rings. The second-order valence-corrected chi connectivity index (χ2v) is 26.4. The lowest BCUT2D eigenvalue weighted by molar-refractivity contribution is -0.119. The van der Waals surface area contributed by atoms with E-state index in [1.165, 1.54) is 0 Å². The molecule has 4 aromatic heterocycles. The number of alkyl carbamates (subject to hydrolysis) is 4. The molecule has 33 heteroatoms. The number of carbonyl (C=O) groups excluding carboxylic acids is 8. The monoisotopic (exact) mass is 1650 g/mol. The first-order valence-electron chi connectivity index (χ1n) is 37.3. The number of benzene rings is 8. The Balaban J connectivity index is 0.000000209. The van der Waals surface area contributed by atoms with Crippen molar-refractivity contribution in [2.45, 2.75) is 96.4 Å². The molecule has 6 amide bonds. The van der Waals surface area contributed by atoms with Gasteiger partial charge in [-0.3, -0.25) is 19.2 Å². The van der Waals surface area contributed by atoms with E-state index in [1.54, 1.807) is 53.1 Å². The third-order valence-electron chi connectivity index (χ3n) is 17.3. The molecule has 0 bridgehead atoms. The highest BCUT2D eigenvalue weighted by Gasteiger charge is 2.26. The summed E-state index contributed by atoms with van der Waals surface area (Å²) in [6.07, 6.45) is 0.729. The van der Waals surface area contributed by atoms with Gasteiger partial charge in [0.05, 0.1) is 58.9 Å². The van der Waals surface area contributed by atoms with Crippen LogP contribution in [0.15, 0.2) is 228 Å². The standard InChI is InChI=1S/C42H41N9O7.C30H32BrN3O6.C12H10N6O/c43-23-11-25-44-38-37(49-58-50-38)39-47-33-16-7-8-18-35(33)51(39)26-36(52)31-19-21-32(22-20-31)46-40(53)34(48-42(55)57-28-30-14-5-2-6-15-30)17-9-10-24-45-41(54)56-27-29-12-3-1-4-13-29;31-19-27(35)24-14-16-25(17-15-24)33-28(36)26(34-30(38)40-21-23-11-5-2-6-12-23)13-7-8-18-32-29(37)39-20-22-9-3-1-4-10-22;13-6-3-7-14-11-10(17-19-18-11)12-15-8-4-1-2-5-9(8)16-12/h1-8,12-16,18-22,34H,9-11,17,24-28H2,(H,44,50)(H,45,54)(H,46,53)(H,48,55);1-6,9-12,14-17,26H,7-8,13,18-21H2,(H,32,37)(H,33,36)(H,34,38);1-2,4-5H,3,7H2,(H,14,18)(H,15,16)/t34-;26-;/m00./s1. The second kappa shape index (κ2) is 45.8. The number of anilines is 4. The van der Waals surface area contributed by atoms with Crippen LogP contribution in [-0.4, -0.2) is 131 Å². The normalized spacial score (nSPS) is 11.1. The van der Waals surface area contributed by atoms with E-state index >= 15 is 0 Å². The van der Waals surface area contributed by atoms with Gasteiger partial charge in [0.15, 0.2) is 34.6 Å². The van der Waals surface area contributed by atoms with Crippen molar-refractivity contribution in [3.05, 3.63) is 252 Å². The number of nitrogens with zero attached hydrogens (tertiary/aromatic N) is 9. The number of unbranched alkanes of at least 4 members (excludes halogenated alkanes) is 2. The molecule has 0 fully saturated rings. The molecule has 0 aliphatic heterocycles. The van der Waals surface area contributed by atoms with Crippen LogP contribution in [0.3, 0.4) is 0 Å². The number of nitriles is 2. The number of hydrogen-bond donors (Lipinski definition) is 9. The first kappa shape index (κ1) is 84.8. The molecular weight excluding hydrogens is 1560 g/mol. The zero-order chi connectivity index (χ0) is 82.2. The molecule has 8 aromatic carbocycles. The zero-order valence-corrected chi connectivity index (χ0v) is 64.9. The maximum Gasteiger partial charge on any atom is 0.408 e. The van der Waals surface area contributed by atoms with Crippen molar-refractivity contribution in [1.29, 1.82) is 10.5 Å². The molecule has 0 unspecified atom stereocenters. The number of halogens is 1. The Morgan fingerprint density at radius 3 is 1.31 bits per heavy atom. The van der Waals surface area contributed by atoms with Crippen LogP contribution in [0.5, 0.6) is 0 Å². The number of carbonyl (C=O) groups is 8. The van der Waals surface area contributed by atoms with Gasteiger partial charge in [0.25, 0.3) is 0 Å². The number of amides is 6. The second-order valence-electron chi connectivity index (χ2n) is 25.8. The van der Waals surface area contributed by atoms with Crippen molar-refractivity contribution in [3.8, 4) is 35.2 Å². The van der Waals surface area contributed by atoms with Crippen LogP contribution < -0.4 is 42.5 Å². The van der Waals surface area contributed by atoms with Crippen LogP contribution in [0.1, 0.15) is 94.3 Å². The van der Waals surface area contributed by atoms with E-state index in [9.17, 15) is 38.4 Å². The number of imidazole rings is 2. The van der Waals surface area contributed by atoms with Gasteiger partial charge in [-0.15, -0.1) is 0 Å². The minimum atomic E-state index is -0.965. The highest BCUT2D eigenvalue weighted by molar-refractivity contribution is 9.09. The molecule has 9 N–H and O–H groups in total. The molecule has 0 saturated heterocycles. The molecule has 0 aliphatic rings. The molecule has 0 saturated carbocycles. The summed E-state index contributed by atoms with van der Waals surface area (Å²) >= 11 is 3.14. The summed E-state index contributed by atoms with van der Waals surface area (Å²) in [7, 11) is 0. The van der Waals surface area contributed by atoms with Gasteiger partial charge in [-0.05, 0) is 154 Å². The number of ketones is 2. The molecule has 12 rings (SSSR count). The van der Waals surface area contributed by atoms with Crippen LogP contribution in [0.2, 0.25) is 0 Å². The van der Waals surface area contributed by atoms with Crippen LogP contribution in [-0.2, 0) is 61.5 Å². The number of para-hydroxylation sites is 4. The summed E-state index contributed by atoms with van der Waals surface area (Å²) in [6.45, 7) is 1.78. The minimum Gasteiger partial charge on any atom is -0.445 e. The third kappa shape index (κ3) is 27.3. The van der Waals surface area contributed by atoms with E-state index in [0.717, 1.165) is 33.3 Å². The van der Waals surface area contributed by atoms with E-state index < -0.39 is 48.3 Å². The summed E-state index contributed by atoms with van der Waals surface area (Å²) in [5, 5.41) is 55.5. The molecule has 0 spiro atoms. The van der Waals surface area contributed by atoms with Crippen molar-refractivity contribution in [2.24, 2.45) is 0 Å². The number of alkyl halides is 1. The lowest BCUT2D eigenvalue weighted by Crippen LogP contribution is -2.44. The molecule has 32 nitrogen and oxygen atoms in total. The highest BCUT2D eigenvalue weighted by atomic mass is 79.9. The average Bonchev–Trinajstić information content (AvgIpc) is 1.62. The fraction of sp³-hybridized carbons (Fsp3) is 0.238. The number of nitrogens with one attached hydrogen (secondary N) is 9. The van der Waals surface area contributed by atoms with E-state index in [4.69, 9.17) is 43.7 Å². The van der Waals surface area contributed by atoms with E-state index in [-0.39, 0.29) is 62.7 Å². The summed E-state index contributed by atoms with van der Waals surface area (Å²) in [5.41, 5.74) is 9.07. The number of aromatic amines is 1. The molecule has 117 heavy (non-hydrogen) atoms. The van der Waals surface area contributed by atoms with Gasteiger partial charge in [-0.2, -0.15) is 10.5 Å². The molecule has 0 aliphatic carbocycles. The number of hydrogen-bond acceptors (Lipinski definition) is 24. The van der Waals surface area contributed by atoms with E-state index in [1.807, 2.05) is 176 Å². The Labute approximate surface area is 679 Å². The smallest absolute Gasteiger partial charge is 0.408 e. The Kier molecular flexibility index (Phi) is 33.2. The predicted octanol–water partition coefficient (Wildman–Crippen LogP) is 14.2. The third-order valence-corrected chi connectivity index (χ3v) is 17.8. The predicted molar refractivity (Wildman–Crippen MR) is 437 cm³/mol. The maximum atomic E-state index is 13.7. The Morgan fingerprint density at radius 2 is 0.855 bits per heavy atom. The van der Waals surface area contributed by atoms with Crippen molar-refractivity contribution >= 4 is 109 Å². The number of Topliss-reactive ketones (excluding diaryl/α,β-unsaturated/α-hetero) is 2. The molecule has 0 radical (unpaired) electrons. The zero-order valence-electron chi connectivity index (χ0n) is 63.3. The van der Waals surface area contributed by atoms with E-state index in [0.29, 0.717) is 133 Å². The quantitative estimate of drug-likeness (QED) is 0.00755. The van der Waals surface area contributed by atoms with Gasteiger partial charge in [0, 0.05) is 48.7 Å². The highest BCUT2D eigenvalue weighted by Crippen LogP contribution is 2.30. The van der Waals surface area contributed by atoms with Gasteiger partial charge < -0.3 is 71.0 Å². The lowest BCUT2D eigenvalue weighted by Gasteiger charge is -2.19. The summed E-state index contributed by atoms with van der Waals surface area (Å²) in [5.74, 6) is 0.502. The number of fused-ring (bicyclic) bond motifs is 2. The largest absolute Gasteiger partial charge is 0.445 e. The van der Waals surface area contributed by atoms with Gasteiger partial charge >= 0.3 is 24.4 Å². The number of rotatable bonds is 37.